The van der Waals surface area contributed by atoms with E-state index in [2.05, 4.69) is 31.0 Å². The second-order valence-corrected chi connectivity index (χ2v) is 6.41. The molecule has 1 amide bonds. The van der Waals surface area contributed by atoms with E-state index in [1.165, 1.54) is 12.8 Å². The average molecular weight is 252 g/mol. The van der Waals surface area contributed by atoms with E-state index in [4.69, 9.17) is 0 Å². The highest BCUT2D eigenvalue weighted by Crippen LogP contribution is 2.36. The highest BCUT2D eigenvalue weighted by Gasteiger charge is 2.45. The predicted octanol–water partition coefficient (Wildman–Crippen LogP) is 2.41. The SMILES string of the molecule is CCCC1(C(=O)N2CCCC2C(C)C)CCNC1. The maximum atomic E-state index is 13.0. The summed E-state index contributed by atoms with van der Waals surface area (Å²) in [5, 5.41) is 3.40. The van der Waals surface area contributed by atoms with Crippen LogP contribution in [0.25, 0.3) is 0 Å². The molecule has 3 heteroatoms. The van der Waals surface area contributed by atoms with E-state index in [0.29, 0.717) is 17.9 Å². The van der Waals surface area contributed by atoms with E-state index in [1.807, 2.05) is 0 Å². The summed E-state index contributed by atoms with van der Waals surface area (Å²) in [6.07, 6.45) is 5.55. The van der Waals surface area contributed by atoms with E-state index >= 15 is 0 Å². The lowest BCUT2D eigenvalue weighted by atomic mass is 9.80. The van der Waals surface area contributed by atoms with Crippen molar-refractivity contribution in [2.75, 3.05) is 19.6 Å². The van der Waals surface area contributed by atoms with Crippen molar-refractivity contribution in [3.8, 4) is 0 Å². The molecule has 2 saturated heterocycles. The first kappa shape index (κ1) is 13.9. The highest BCUT2D eigenvalue weighted by atomic mass is 16.2. The van der Waals surface area contributed by atoms with Crippen LogP contribution in [0.3, 0.4) is 0 Å². The van der Waals surface area contributed by atoms with Crippen LogP contribution in [-0.2, 0) is 4.79 Å². The highest BCUT2D eigenvalue weighted by molar-refractivity contribution is 5.84. The van der Waals surface area contributed by atoms with Crippen molar-refractivity contribution in [2.24, 2.45) is 11.3 Å². The number of amides is 1. The van der Waals surface area contributed by atoms with E-state index in [-0.39, 0.29) is 5.41 Å². The number of nitrogens with one attached hydrogen (secondary N) is 1. The van der Waals surface area contributed by atoms with Crippen LogP contribution in [0.4, 0.5) is 0 Å². The van der Waals surface area contributed by atoms with Gasteiger partial charge in [-0.3, -0.25) is 4.79 Å². The Bertz CT molecular complexity index is 295. The van der Waals surface area contributed by atoms with Crippen LogP contribution in [0.1, 0.15) is 52.9 Å². The fraction of sp³-hybridized carbons (Fsp3) is 0.933. The minimum Gasteiger partial charge on any atom is -0.339 e. The molecule has 0 bridgehead atoms. The molecule has 1 N–H and O–H groups in total. The predicted molar refractivity (Wildman–Crippen MR) is 74.4 cm³/mol. The van der Waals surface area contributed by atoms with Crippen LogP contribution in [0.5, 0.6) is 0 Å². The lowest BCUT2D eigenvalue weighted by molar-refractivity contribution is -0.143. The first-order valence-electron chi connectivity index (χ1n) is 7.62. The Labute approximate surface area is 111 Å². The lowest BCUT2D eigenvalue weighted by Gasteiger charge is -2.36. The molecule has 0 aromatic rings. The van der Waals surface area contributed by atoms with Gasteiger partial charge in [0.2, 0.25) is 5.91 Å². The summed E-state index contributed by atoms with van der Waals surface area (Å²) in [4.78, 5) is 15.2. The number of nitrogens with zero attached hydrogens (tertiary/aromatic N) is 1. The largest absolute Gasteiger partial charge is 0.339 e. The normalized spacial score (nSPS) is 32.4. The van der Waals surface area contributed by atoms with Crippen LogP contribution < -0.4 is 5.32 Å². The Morgan fingerprint density at radius 2 is 2.28 bits per heavy atom. The topological polar surface area (TPSA) is 32.3 Å². The second-order valence-electron chi connectivity index (χ2n) is 6.41. The number of rotatable bonds is 4. The first-order valence-corrected chi connectivity index (χ1v) is 7.62. The van der Waals surface area contributed by atoms with Gasteiger partial charge in [-0.1, -0.05) is 27.2 Å². The Morgan fingerprint density at radius 1 is 1.50 bits per heavy atom. The number of hydrogen-bond donors (Lipinski definition) is 1. The summed E-state index contributed by atoms with van der Waals surface area (Å²) in [7, 11) is 0. The van der Waals surface area contributed by atoms with Crippen molar-refractivity contribution in [2.45, 2.75) is 58.9 Å². The van der Waals surface area contributed by atoms with E-state index in [0.717, 1.165) is 38.9 Å². The molecule has 2 fully saturated rings. The minimum atomic E-state index is -0.0910. The van der Waals surface area contributed by atoms with Gasteiger partial charge in [-0.15, -0.1) is 0 Å². The molecule has 2 heterocycles. The van der Waals surface area contributed by atoms with Crippen molar-refractivity contribution in [1.29, 1.82) is 0 Å². The Morgan fingerprint density at radius 3 is 2.83 bits per heavy atom. The number of carbonyl (C=O) groups is 1. The summed E-state index contributed by atoms with van der Waals surface area (Å²) < 4.78 is 0. The van der Waals surface area contributed by atoms with Crippen molar-refractivity contribution < 1.29 is 4.79 Å². The molecule has 0 radical (unpaired) electrons. The van der Waals surface area contributed by atoms with Gasteiger partial charge < -0.3 is 10.2 Å². The molecule has 0 aromatic heterocycles. The molecule has 0 aliphatic carbocycles. The number of carbonyl (C=O) groups excluding carboxylic acids is 1. The van der Waals surface area contributed by atoms with Crippen LogP contribution in [0, 0.1) is 11.3 Å². The Kier molecular flexibility index (Phi) is 4.31. The summed E-state index contributed by atoms with van der Waals surface area (Å²) in [6, 6.07) is 0.479. The molecule has 2 aliphatic rings. The van der Waals surface area contributed by atoms with Crippen molar-refractivity contribution in [3.63, 3.8) is 0 Å². The van der Waals surface area contributed by atoms with Gasteiger partial charge in [0.15, 0.2) is 0 Å². The summed E-state index contributed by atoms with van der Waals surface area (Å²) in [5.74, 6) is 1.02. The molecular weight excluding hydrogens is 224 g/mol. The molecule has 0 saturated carbocycles. The minimum absolute atomic E-state index is 0.0910. The zero-order chi connectivity index (χ0) is 13.2. The van der Waals surface area contributed by atoms with Gasteiger partial charge in [0.25, 0.3) is 0 Å². The third-order valence-corrected chi connectivity index (χ3v) is 4.76. The van der Waals surface area contributed by atoms with E-state index in [1.54, 1.807) is 0 Å². The molecule has 2 unspecified atom stereocenters. The molecule has 18 heavy (non-hydrogen) atoms. The van der Waals surface area contributed by atoms with Gasteiger partial charge in [0.05, 0.1) is 5.41 Å². The maximum absolute atomic E-state index is 13.0. The van der Waals surface area contributed by atoms with E-state index < -0.39 is 0 Å². The zero-order valence-electron chi connectivity index (χ0n) is 12.2. The fourth-order valence-corrected chi connectivity index (χ4v) is 3.77. The second kappa shape index (κ2) is 5.60. The van der Waals surface area contributed by atoms with E-state index in [9.17, 15) is 4.79 Å². The average Bonchev–Trinajstić information content (AvgIpc) is 2.97. The Hall–Kier alpha value is -0.570. The summed E-state index contributed by atoms with van der Waals surface area (Å²) in [5.41, 5.74) is -0.0910. The van der Waals surface area contributed by atoms with Gasteiger partial charge in [-0.2, -0.15) is 0 Å². The van der Waals surface area contributed by atoms with Crippen LogP contribution in [0.15, 0.2) is 0 Å². The molecular formula is C15H28N2O. The van der Waals surface area contributed by atoms with Gasteiger partial charge in [0.1, 0.15) is 0 Å². The molecule has 2 atom stereocenters. The third kappa shape index (κ3) is 2.42. The van der Waals surface area contributed by atoms with Gasteiger partial charge in [0, 0.05) is 19.1 Å². The molecule has 2 aliphatic heterocycles. The van der Waals surface area contributed by atoms with Gasteiger partial charge in [-0.25, -0.2) is 0 Å². The third-order valence-electron chi connectivity index (χ3n) is 4.76. The fourth-order valence-electron chi connectivity index (χ4n) is 3.77. The van der Waals surface area contributed by atoms with Crippen LogP contribution >= 0.6 is 0 Å². The standard InChI is InChI=1S/C15H28N2O/c1-4-7-15(8-9-16-11-15)14(18)17-10-5-6-13(17)12(2)3/h12-13,16H,4-11H2,1-3H3. The quantitative estimate of drug-likeness (QED) is 0.833. The molecule has 2 rings (SSSR count). The zero-order valence-corrected chi connectivity index (χ0v) is 12.2. The Balaban J connectivity index is 2.13. The first-order chi connectivity index (χ1) is 8.60. The van der Waals surface area contributed by atoms with Crippen molar-refractivity contribution in [3.05, 3.63) is 0 Å². The van der Waals surface area contributed by atoms with Gasteiger partial charge in [-0.05, 0) is 38.1 Å². The number of likely N-dealkylation sites (tertiary alicyclic amines) is 1. The summed E-state index contributed by atoms with van der Waals surface area (Å²) in [6.45, 7) is 9.56. The maximum Gasteiger partial charge on any atom is 0.230 e. The van der Waals surface area contributed by atoms with Crippen molar-refractivity contribution >= 4 is 5.91 Å². The summed E-state index contributed by atoms with van der Waals surface area (Å²) >= 11 is 0. The molecule has 104 valence electrons. The van der Waals surface area contributed by atoms with Crippen molar-refractivity contribution in [1.82, 2.24) is 10.2 Å². The van der Waals surface area contributed by atoms with Crippen LogP contribution in [-0.4, -0.2) is 36.5 Å². The smallest absolute Gasteiger partial charge is 0.230 e. The van der Waals surface area contributed by atoms with Gasteiger partial charge >= 0.3 is 0 Å². The molecule has 3 nitrogen and oxygen atoms in total. The number of hydrogen-bond acceptors (Lipinski definition) is 2. The monoisotopic (exact) mass is 252 g/mol. The van der Waals surface area contributed by atoms with Crippen LogP contribution in [0.2, 0.25) is 0 Å². The molecule has 0 aromatic carbocycles. The lowest BCUT2D eigenvalue weighted by Crippen LogP contribution is -2.48. The molecule has 0 spiro atoms.